The van der Waals surface area contributed by atoms with E-state index < -0.39 is 0 Å². The van der Waals surface area contributed by atoms with Gasteiger partial charge in [-0.05, 0) is 41.0 Å². The lowest BCUT2D eigenvalue weighted by Gasteiger charge is -2.10. The molecule has 0 spiro atoms. The van der Waals surface area contributed by atoms with Gasteiger partial charge in [-0.3, -0.25) is 4.79 Å². The quantitative estimate of drug-likeness (QED) is 0.862. The van der Waals surface area contributed by atoms with Gasteiger partial charge in [-0.15, -0.1) is 0 Å². The number of benzene rings is 1. The van der Waals surface area contributed by atoms with Gasteiger partial charge in [0.25, 0.3) is 0 Å². The van der Waals surface area contributed by atoms with Crippen LogP contribution in [0.4, 0.5) is 5.69 Å². The average molecular weight is 269 g/mol. The first-order chi connectivity index (χ1) is 7.27. The van der Waals surface area contributed by atoms with Crippen molar-refractivity contribution in [3.05, 3.63) is 28.7 Å². The van der Waals surface area contributed by atoms with Gasteiger partial charge in [0.2, 0.25) is 5.91 Å². The molecule has 1 atom stereocenters. The highest BCUT2D eigenvalue weighted by molar-refractivity contribution is 9.10. The maximum Gasteiger partial charge on any atom is 0.228 e. The van der Waals surface area contributed by atoms with E-state index in [2.05, 4.69) is 26.6 Å². The molecule has 4 heteroatoms. The molecule has 0 radical (unpaired) electrons. The van der Waals surface area contributed by atoms with Gasteiger partial charge in [0.05, 0.1) is 11.6 Å². The molecule has 0 aliphatic carbocycles. The van der Waals surface area contributed by atoms with Crippen LogP contribution in [-0.2, 0) is 4.79 Å². The van der Waals surface area contributed by atoms with Crippen molar-refractivity contribution in [1.29, 1.82) is 0 Å². The Bertz CT molecular complexity index is 361. The molecule has 0 bridgehead atoms. The van der Waals surface area contributed by atoms with E-state index in [9.17, 15) is 4.79 Å². The van der Waals surface area contributed by atoms with E-state index in [0.717, 1.165) is 29.7 Å². The van der Waals surface area contributed by atoms with Crippen LogP contribution in [0.15, 0.2) is 28.7 Å². The molecule has 15 heavy (non-hydrogen) atoms. The van der Waals surface area contributed by atoms with Gasteiger partial charge >= 0.3 is 0 Å². The summed E-state index contributed by atoms with van der Waals surface area (Å²) in [5.41, 5.74) is 0.842. The van der Waals surface area contributed by atoms with Crippen LogP contribution in [0.1, 0.15) is 6.42 Å². The lowest BCUT2D eigenvalue weighted by molar-refractivity contribution is -0.119. The summed E-state index contributed by atoms with van der Waals surface area (Å²) < 4.78 is 0.921. The highest BCUT2D eigenvalue weighted by Gasteiger charge is 2.22. The number of anilines is 1. The summed E-state index contributed by atoms with van der Waals surface area (Å²) >= 11 is 3.40. The number of rotatable bonds is 2. The van der Waals surface area contributed by atoms with Gasteiger partial charge in [0.1, 0.15) is 0 Å². The van der Waals surface area contributed by atoms with Crippen LogP contribution in [0.2, 0.25) is 0 Å². The molecular formula is C11H13BrN2O. The number of amides is 1. The van der Waals surface area contributed by atoms with Crippen LogP contribution < -0.4 is 10.6 Å². The van der Waals surface area contributed by atoms with E-state index in [-0.39, 0.29) is 11.8 Å². The van der Waals surface area contributed by atoms with E-state index in [0.29, 0.717) is 0 Å². The van der Waals surface area contributed by atoms with Gasteiger partial charge in [0, 0.05) is 11.0 Å². The molecule has 1 amide bonds. The number of hydrogen-bond donors (Lipinski definition) is 2. The molecule has 1 unspecified atom stereocenters. The molecule has 1 fully saturated rings. The average Bonchev–Trinajstić information content (AvgIpc) is 2.74. The summed E-state index contributed by atoms with van der Waals surface area (Å²) in [5, 5.41) is 6.11. The zero-order valence-electron chi connectivity index (χ0n) is 8.29. The predicted molar refractivity (Wildman–Crippen MR) is 63.7 cm³/mol. The topological polar surface area (TPSA) is 41.1 Å². The Labute approximate surface area is 97.4 Å². The summed E-state index contributed by atoms with van der Waals surface area (Å²) in [5.74, 6) is 0.212. The number of halogens is 1. The van der Waals surface area contributed by atoms with Crippen molar-refractivity contribution in [2.75, 3.05) is 18.4 Å². The van der Waals surface area contributed by atoms with Gasteiger partial charge < -0.3 is 10.6 Å². The fraction of sp³-hybridized carbons (Fsp3) is 0.364. The standard InChI is InChI=1S/C11H13BrN2O/c12-9-3-1-2-4-10(9)14-11(15)8-5-6-13-7-8/h1-4,8,13H,5-7H2,(H,14,15). The summed E-state index contributed by atoms with van der Waals surface area (Å²) in [7, 11) is 0. The predicted octanol–water partition coefficient (Wildman–Crippen LogP) is 2.00. The number of nitrogens with one attached hydrogen (secondary N) is 2. The molecule has 0 saturated carbocycles. The lowest BCUT2D eigenvalue weighted by Crippen LogP contribution is -2.24. The van der Waals surface area contributed by atoms with Crippen LogP contribution in [0, 0.1) is 5.92 Å². The van der Waals surface area contributed by atoms with Crippen LogP contribution in [0.25, 0.3) is 0 Å². The Hall–Kier alpha value is -0.870. The zero-order chi connectivity index (χ0) is 10.7. The third kappa shape index (κ3) is 2.58. The number of carbonyl (C=O) groups excluding carboxylic acids is 1. The largest absolute Gasteiger partial charge is 0.325 e. The van der Waals surface area contributed by atoms with E-state index in [4.69, 9.17) is 0 Å². The van der Waals surface area contributed by atoms with Crippen molar-refractivity contribution in [2.45, 2.75) is 6.42 Å². The van der Waals surface area contributed by atoms with Crippen molar-refractivity contribution in [2.24, 2.45) is 5.92 Å². The second-order valence-corrected chi connectivity index (χ2v) is 4.51. The van der Waals surface area contributed by atoms with Gasteiger partial charge in [0.15, 0.2) is 0 Å². The Morgan fingerprint density at radius 3 is 2.93 bits per heavy atom. The molecule has 0 aromatic heterocycles. The Balaban J connectivity index is 2.02. The fourth-order valence-electron chi connectivity index (χ4n) is 1.68. The van der Waals surface area contributed by atoms with Gasteiger partial charge in [-0.2, -0.15) is 0 Å². The number of carbonyl (C=O) groups is 1. The first-order valence-electron chi connectivity index (χ1n) is 5.03. The molecule has 1 aliphatic heterocycles. The SMILES string of the molecule is O=C(Nc1ccccc1Br)C1CCNC1. The van der Waals surface area contributed by atoms with Crippen LogP contribution in [0.5, 0.6) is 0 Å². The zero-order valence-corrected chi connectivity index (χ0v) is 9.88. The summed E-state index contributed by atoms with van der Waals surface area (Å²) in [6.45, 7) is 1.73. The first kappa shape index (κ1) is 10.6. The molecule has 1 aliphatic rings. The van der Waals surface area contributed by atoms with Crippen molar-refractivity contribution >= 4 is 27.5 Å². The van der Waals surface area contributed by atoms with Crippen molar-refractivity contribution < 1.29 is 4.79 Å². The Morgan fingerprint density at radius 1 is 1.47 bits per heavy atom. The highest BCUT2D eigenvalue weighted by Crippen LogP contribution is 2.22. The normalized spacial score (nSPS) is 20.2. The van der Waals surface area contributed by atoms with Crippen molar-refractivity contribution in [3.63, 3.8) is 0 Å². The van der Waals surface area contributed by atoms with Crippen LogP contribution in [-0.4, -0.2) is 19.0 Å². The van der Waals surface area contributed by atoms with E-state index in [1.165, 1.54) is 0 Å². The minimum absolute atomic E-state index is 0.104. The van der Waals surface area contributed by atoms with E-state index in [1.54, 1.807) is 0 Å². The maximum atomic E-state index is 11.8. The van der Waals surface area contributed by atoms with Gasteiger partial charge in [-0.1, -0.05) is 12.1 Å². The molecule has 2 N–H and O–H groups in total. The number of hydrogen-bond acceptors (Lipinski definition) is 2. The maximum absolute atomic E-state index is 11.8. The monoisotopic (exact) mass is 268 g/mol. The molecule has 80 valence electrons. The highest BCUT2D eigenvalue weighted by atomic mass is 79.9. The smallest absolute Gasteiger partial charge is 0.228 e. The van der Waals surface area contributed by atoms with E-state index >= 15 is 0 Å². The minimum atomic E-state index is 0.104. The van der Waals surface area contributed by atoms with Crippen molar-refractivity contribution in [1.82, 2.24) is 5.32 Å². The van der Waals surface area contributed by atoms with Gasteiger partial charge in [-0.25, -0.2) is 0 Å². The fourth-order valence-corrected chi connectivity index (χ4v) is 2.06. The molecule has 2 rings (SSSR count). The Kier molecular flexibility index (Phi) is 3.38. The summed E-state index contributed by atoms with van der Waals surface area (Å²) in [6.07, 6.45) is 0.927. The molecule has 3 nitrogen and oxygen atoms in total. The molecule has 1 saturated heterocycles. The third-order valence-electron chi connectivity index (χ3n) is 2.56. The van der Waals surface area contributed by atoms with Crippen LogP contribution in [0.3, 0.4) is 0 Å². The van der Waals surface area contributed by atoms with Crippen molar-refractivity contribution in [3.8, 4) is 0 Å². The second kappa shape index (κ2) is 4.77. The molecule has 1 aromatic rings. The molecule has 1 heterocycles. The molecular weight excluding hydrogens is 256 g/mol. The van der Waals surface area contributed by atoms with E-state index in [1.807, 2.05) is 24.3 Å². The second-order valence-electron chi connectivity index (χ2n) is 3.66. The minimum Gasteiger partial charge on any atom is -0.325 e. The van der Waals surface area contributed by atoms with Crippen LogP contribution >= 0.6 is 15.9 Å². The molecule has 1 aromatic carbocycles. The third-order valence-corrected chi connectivity index (χ3v) is 3.25. The summed E-state index contributed by atoms with van der Waals surface area (Å²) in [6, 6.07) is 7.65. The summed E-state index contributed by atoms with van der Waals surface area (Å²) in [4.78, 5) is 11.8. The first-order valence-corrected chi connectivity index (χ1v) is 5.83. The lowest BCUT2D eigenvalue weighted by atomic mass is 10.1. The Morgan fingerprint density at radius 2 is 2.27 bits per heavy atom. The number of para-hydroxylation sites is 1.